The summed E-state index contributed by atoms with van der Waals surface area (Å²) in [6.07, 6.45) is 9.54. The average Bonchev–Trinajstić information content (AvgIpc) is 3.10. The van der Waals surface area contributed by atoms with Crippen LogP contribution in [0.1, 0.15) is 50.2 Å². The molecule has 0 radical (unpaired) electrons. The van der Waals surface area contributed by atoms with Crippen molar-refractivity contribution in [3.05, 3.63) is 11.6 Å². The Morgan fingerprint density at radius 1 is 1.26 bits per heavy atom. The van der Waals surface area contributed by atoms with E-state index in [1.807, 2.05) is 30.3 Å². The number of aryl methyl sites for hydroxylation is 1. The molecular formula is C21H39IN6O2S. The molecule has 2 fully saturated rings. The Kier molecular flexibility index (Phi) is 12.5. The van der Waals surface area contributed by atoms with Crippen LogP contribution in [0.15, 0.2) is 4.99 Å². The summed E-state index contributed by atoms with van der Waals surface area (Å²) in [5.74, 6) is 3.93. The van der Waals surface area contributed by atoms with Crippen molar-refractivity contribution < 1.29 is 9.47 Å². The minimum atomic E-state index is 0. The summed E-state index contributed by atoms with van der Waals surface area (Å²) in [4.78, 5) is 7.23. The molecule has 10 heteroatoms. The van der Waals surface area contributed by atoms with Gasteiger partial charge in [0.15, 0.2) is 11.8 Å². The largest absolute Gasteiger partial charge is 0.376 e. The van der Waals surface area contributed by atoms with Crippen LogP contribution in [0, 0.1) is 6.92 Å². The van der Waals surface area contributed by atoms with E-state index in [4.69, 9.17) is 14.5 Å². The zero-order valence-corrected chi connectivity index (χ0v) is 22.4. The number of halogens is 1. The minimum Gasteiger partial charge on any atom is -0.376 e. The molecule has 1 aromatic rings. The molecule has 0 spiro atoms. The Labute approximate surface area is 208 Å². The number of aromatic nitrogens is 3. The van der Waals surface area contributed by atoms with Crippen LogP contribution < -0.4 is 5.32 Å². The fourth-order valence-electron chi connectivity index (χ4n) is 3.84. The van der Waals surface area contributed by atoms with Gasteiger partial charge in [-0.2, -0.15) is 11.8 Å². The lowest BCUT2D eigenvalue weighted by atomic mass is 10.1. The quantitative estimate of drug-likeness (QED) is 0.213. The second kappa shape index (κ2) is 14.5. The van der Waals surface area contributed by atoms with Gasteiger partial charge in [0, 0.05) is 33.3 Å². The van der Waals surface area contributed by atoms with Crippen molar-refractivity contribution in [2.24, 2.45) is 12.0 Å². The first-order valence-electron chi connectivity index (χ1n) is 11.3. The van der Waals surface area contributed by atoms with Gasteiger partial charge in [0.1, 0.15) is 12.4 Å². The predicted molar refractivity (Wildman–Crippen MR) is 137 cm³/mol. The fraction of sp³-hybridized carbons (Fsp3) is 0.857. The molecule has 0 amide bonds. The lowest BCUT2D eigenvalue weighted by molar-refractivity contribution is -0.0721. The van der Waals surface area contributed by atoms with Crippen LogP contribution in [-0.4, -0.2) is 82.7 Å². The second-order valence-corrected chi connectivity index (χ2v) is 9.13. The zero-order valence-electron chi connectivity index (χ0n) is 19.2. The van der Waals surface area contributed by atoms with Crippen LogP contribution in [-0.2, 0) is 23.1 Å². The molecular weight excluding hydrogens is 527 g/mol. The molecule has 3 heterocycles. The van der Waals surface area contributed by atoms with Crippen molar-refractivity contribution >= 4 is 41.7 Å². The Hall–Kier alpha value is -0.590. The van der Waals surface area contributed by atoms with Crippen LogP contribution in [0.4, 0.5) is 0 Å². The Morgan fingerprint density at radius 3 is 2.71 bits per heavy atom. The molecule has 2 saturated heterocycles. The maximum Gasteiger partial charge on any atom is 0.194 e. The number of piperidine rings is 1. The standard InChI is InChI=1S/C21H38N6O2S.HI/c1-17-24-25-20(26(17)2)15-23-21(22-10-6-14-30-3)27-11-8-18(9-12-27)29-16-19-7-4-5-13-28-19;/h18-19H,4-16H2,1-3H3,(H,22,23);1H. The molecule has 2 aliphatic rings. The van der Waals surface area contributed by atoms with Crippen LogP contribution in [0.5, 0.6) is 0 Å². The van der Waals surface area contributed by atoms with Crippen molar-refractivity contribution in [2.45, 2.75) is 64.2 Å². The normalized spacial score (nSPS) is 20.5. The van der Waals surface area contributed by atoms with Gasteiger partial charge < -0.3 is 24.3 Å². The SMILES string of the molecule is CSCCCNC(=NCc1nnc(C)n1C)N1CCC(OCC2CCCCO2)CC1.I. The summed E-state index contributed by atoms with van der Waals surface area (Å²) in [6.45, 7) is 6.99. The topological polar surface area (TPSA) is 76.8 Å². The molecule has 31 heavy (non-hydrogen) atoms. The van der Waals surface area contributed by atoms with Crippen molar-refractivity contribution in [1.29, 1.82) is 0 Å². The molecule has 3 rings (SSSR count). The highest BCUT2D eigenvalue weighted by atomic mass is 127. The van der Waals surface area contributed by atoms with E-state index in [0.29, 0.717) is 18.8 Å². The monoisotopic (exact) mass is 566 g/mol. The first kappa shape index (κ1) is 26.7. The van der Waals surface area contributed by atoms with Gasteiger partial charge in [-0.15, -0.1) is 34.2 Å². The number of hydrogen-bond donors (Lipinski definition) is 1. The number of nitrogens with one attached hydrogen (secondary N) is 1. The van der Waals surface area contributed by atoms with Crippen molar-refractivity contribution in [3.8, 4) is 0 Å². The van der Waals surface area contributed by atoms with Gasteiger partial charge >= 0.3 is 0 Å². The van der Waals surface area contributed by atoms with E-state index in [1.54, 1.807) is 0 Å². The first-order valence-corrected chi connectivity index (χ1v) is 12.7. The maximum atomic E-state index is 6.18. The van der Waals surface area contributed by atoms with Gasteiger partial charge in [-0.1, -0.05) is 0 Å². The van der Waals surface area contributed by atoms with Crippen molar-refractivity contribution in [3.63, 3.8) is 0 Å². The van der Waals surface area contributed by atoms with E-state index in [2.05, 4.69) is 26.7 Å². The third-order valence-corrected chi connectivity index (χ3v) is 6.59. The highest BCUT2D eigenvalue weighted by Crippen LogP contribution is 2.18. The molecule has 0 aliphatic carbocycles. The van der Waals surface area contributed by atoms with Gasteiger partial charge in [-0.25, -0.2) is 4.99 Å². The third kappa shape index (κ3) is 8.70. The van der Waals surface area contributed by atoms with Gasteiger partial charge in [-0.05, 0) is 57.5 Å². The first-order chi connectivity index (χ1) is 14.7. The molecule has 1 N–H and O–H groups in total. The number of ether oxygens (including phenoxy) is 2. The minimum absolute atomic E-state index is 0. The molecule has 2 aliphatic heterocycles. The molecule has 1 atom stereocenters. The van der Waals surface area contributed by atoms with Crippen molar-refractivity contribution in [1.82, 2.24) is 25.0 Å². The van der Waals surface area contributed by atoms with E-state index in [-0.39, 0.29) is 24.0 Å². The van der Waals surface area contributed by atoms with Gasteiger partial charge in [-0.3, -0.25) is 0 Å². The predicted octanol–water partition coefficient (Wildman–Crippen LogP) is 2.99. The van der Waals surface area contributed by atoms with Crippen LogP contribution >= 0.6 is 35.7 Å². The summed E-state index contributed by atoms with van der Waals surface area (Å²) >= 11 is 1.88. The zero-order chi connectivity index (χ0) is 21.2. The van der Waals surface area contributed by atoms with E-state index in [1.165, 1.54) is 12.8 Å². The number of hydrogen-bond acceptors (Lipinski definition) is 6. The molecule has 0 aromatic carbocycles. The highest BCUT2D eigenvalue weighted by Gasteiger charge is 2.24. The third-order valence-electron chi connectivity index (χ3n) is 5.89. The number of guanidine groups is 1. The molecule has 0 bridgehead atoms. The van der Waals surface area contributed by atoms with Crippen LogP contribution in [0.2, 0.25) is 0 Å². The lowest BCUT2D eigenvalue weighted by Gasteiger charge is -2.35. The molecule has 178 valence electrons. The van der Waals surface area contributed by atoms with Gasteiger partial charge in [0.05, 0.1) is 18.8 Å². The van der Waals surface area contributed by atoms with E-state index >= 15 is 0 Å². The number of likely N-dealkylation sites (tertiary alicyclic amines) is 1. The summed E-state index contributed by atoms with van der Waals surface area (Å²) in [5.41, 5.74) is 0. The van der Waals surface area contributed by atoms with Crippen LogP contribution in [0.3, 0.4) is 0 Å². The summed E-state index contributed by atoms with van der Waals surface area (Å²) in [7, 11) is 1.99. The molecule has 0 saturated carbocycles. The number of thioether (sulfide) groups is 1. The average molecular weight is 567 g/mol. The van der Waals surface area contributed by atoms with Crippen molar-refractivity contribution in [2.75, 3.05) is 44.9 Å². The van der Waals surface area contributed by atoms with Gasteiger partial charge in [0.25, 0.3) is 0 Å². The second-order valence-electron chi connectivity index (χ2n) is 8.14. The molecule has 1 unspecified atom stereocenters. The molecule has 8 nitrogen and oxygen atoms in total. The smallest absolute Gasteiger partial charge is 0.194 e. The number of rotatable bonds is 9. The van der Waals surface area contributed by atoms with E-state index < -0.39 is 0 Å². The van der Waals surface area contributed by atoms with Crippen LogP contribution in [0.25, 0.3) is 0 Å². The summed E-state index contributed by atoms with van der Waals surface area (Å²) in [6, 6.07) is 0. The van der Waals surface area contributed by atoms with E-state index in [9.17, 15) is 0 Å². The molecule has 1 aromatic heterocycles. The fourth-order valence-corrected chi connectivity index (χ4v) is 4.27. The van der Waals surface area contributed by atoms with E-state index in [0.717, 1.165) is 81.9 Å². The maximum absolute atomic E-state index is 6.18. The number of nitrogens with zero attached hydrogens (tertiary/aromatic N) is 5. The van der Waals surface area contributed by atoms with Gasteiger partial charge in [0.2, 0.25) is 0 Å². The highest BCUT2D eigenvalue weighted by molar-refractivity contribution is 14.0. The summed E-state index contributed by atoms with van der Waals surface area (Å²) in [5, 5.41) is 12.0. The Morgan fingerprint density at radius 2 is 2.06 bits per heavy atom. The lowest BCUT2D eigenvalue weighted by Crippen LogP contribution is -2.47. The summed E-state index contributed by atoms with van der Waals surface area (Å²) < 4.78 is 14.0. The number of aliphatic imine (C=N–C) groups is 1. The Bertz CT molecular complexity index is 660. The Balaban J connectivity index is 0.00000341.